The standard InChI is InChI=1S/C7H8F5N3/c8-6(9,7(10,11)12)5(3-13)15-2-1-14-4-15/h1-2,4-5H,3,13H2. The van der Waals surface area contributed by atoms with Crippen LogP contribution in [0.3, 0.4) is 0 Å². The van der Waals surface area contributed by atoms with Gasteiger partial charge in [0.25, 0.3) is 0 Å². The molecule has 0 saturated carbocycles. The quantitative estimate of drug-likeness (QED) is 0.799. The van der Waals surface area contributed by atoms with E-state index < -0.39 is 24.7 Å². The summed E-state index contributed by atoms with van der Waals surface area (Å²) < 4.78 is 62.5. The first-order valence-corrected chi connectivity index (χ1v) is 3.92. The third-order valence-corrected chi connectivity index (χ3v) is 1.90. The molecule has 0 radical (unpaired) electrons. The fourth-order valence-corrected chi connectivity index (χ4v) is 1.10. The molecule has 0 aliphatic heterocycles. The number of halogens is 5. The second-order valence-corrected chi connectivity index (χ2v) is 2.88. The molecule has 0 bridgehead atoms. The molecule has 1 rings (SSSR count). The lowest BCUT2D eigenvalue weighted by molar-refractivity contribution is -0.297. The lowest BCUT2D eigenvalue weighted by Gasteiger charge is -2.28. The molecule has 1 aromatic rings. The monoisotopic (exact) mass is 229 g/mol. The number of nitrogens with two attached hydrogens (primary N) is 1. The highest BCUT2D eigenvalue weighted by Gasteiger charge is 2.62. The number of rotatable bonds is 3. The first-order valence-electron chi connectivity index (χ1n) is 3.92. The van der Waals surface area contributed by atoms with E-state index >= 15 is 0 Å². The van der Waals surface area contributed by atoms with Crippen LogP contribution in [0.25, 0.3) is 0 Å². The van der Waals surface area contributed by atoms with Crippen molar-refractivity contribution in [3.63, 3.8) is 0 Å². The molecule has 0 aliphatic carbocycles. The predicted molar refractivity (Wildman–Crippen MR) is 41.3 cm³/mol. The van der Waals surface area contributed by atoms with Gasteiger partial charge in [-0.2, -0.15) is 22.0 Å². The SMILES string of the molecule is NCC(n1ccnc1)C(F)(F)C(F)(F)F. The van der Waals surface area contributed by atoms with Crippen LogP contribution in [-0.4, -0.2) is 28.2 Å². The van der Waals surface area contributed by atoms with Crippen molar-refractivity contribution in [2.45, 2.75) is 18.1 Å². The molecule has 2 N–H and O–H groups in total. The Balaban J connectivity index is 3.03. The van der Waals surface area contributed by atoms with Crippen molar-refractivity contribution in [1.29, 1.82) is 0 Å². The van der Waals surface area contributed by atoms with Gasteiger partial charge in [-0.1, -0.05) is 0 Å². The van der Waals surface area contributed by atoms with Crippen LogP contribution >= 0.6 is 0 Å². The molecule has 0 amide bonds. The van der Waals surface area contributed by atoms with Gasteiger partial charge in [0.15, 0.2) is 0 Å². The van der Waals surface area contributed by atoms with Gasteiger partial charge in [0.05, 0.1) is 6.33 Å². The van der Waals surface area contributed by atoms with Crippen LogP contribution in [0.4, 0.5) is 22.0 Å². The Labute approximate surface area is 81.7 Å². The van der Waals surface area contributed by atoms with E-state index in [4.69, 9.17) is 5.73 Å². The van der Waals surface area contributed by atoms with Crippen LogP contribution in [0.15, 0.2) is 18.7 Å². The maximum atomic E-state index is 12.9. The van der Waals surface area contributed by atoms with Gasteiger partial charge in [-0.25, -0.2) is 4.98 Å². The van der Waals surface area contributed by atoms with Crippen LogP contribution in [-0.2, 0) is 0 Å². The highest BCUT2D eigenvalue weighted by Crippen LogP contribution is 2.42. The van der Waals surface area contributed by atoms with Crippen molar-refractivity contribution in [1.82, 2.24) is 9.55 Å². The summed E-state index contributed by atoms with van der Waals surface area (Å²) in [4.78, 5) is 3.39. The number of nitrogens with zero attached hydrogens (tertiary/aromatic N) is 2. The second-order valence-electron chi connectivity index (χ2n) is 2.88. The van der Waals surface area contributed by atoms with Gasteiger partial charge >= 0.3 is 12.1 Å². The van der Waals surface area contributed by atoms with E-state index in [1.165, 1.54) is 0 Å². The molecule has 1 heterocycles. The van der Waals surface area contributed by atoms with E-state index in [1.807, 2.05) is 0 Å². The van der Waals surface area contributed by atoms with Gasteiger partial charge in [-0.3, -0.25) is 0 Å². The average Bonchev–Trinajstić information content (AvgIpc) is 2.55. The maximum Gasteiger partial charge on any atom is 0.455 e. The van der Waals surface area contributed by atoms with Crippen molar-refractivity contribution < 1.29 is 22.0 Å². The molecule has 1 aromatic heterocycles. The summed E-state index contributed by atoms with van der Waals surface area (Å²) >= 11 is 0. The minimum Gasteiger partial charge on any atom is -0.328 e. The highest BCUT2D eigenvalue weighted by molar-refractivity contribution is 4.92. The molecule has 8 heteroatoms. The Morgan fingerprint density at radius 2 is 1.87 bits per heavy atom. The Kier molecular flexibility index (Phi) is 2.98. The first kappa shape index (κ1) is 11.9. The van der Waals surface area contributed by atoms with Crippen LogP contribution in [0, 0.1) is 0 Å². The third-order valence-electron chi connectivity index (χ3n) is 1.90. The zero-order valence-electron chi connectivity index (χ0n) is 7.38. The van der Waals surface area contributed by atoms with Gasteiger partial charge < -0.3 is 10.3 Å². The van der Waals surface area contributed by atoms with E-state index in [0.29, 0.717) is 4.57 Å². The summed E-state index contributed by atoms with van der Waals surface area (Å²) in [5.74, 6) is -4.87. The van der Waals surface area contributed by atoms with Crippen LogP contribution in [0.2, 0.25) is 0 Å². The second kappa shape index (κ2) is 3.76. The topological polar surface area (TPSA) is 43.8 Å². The van der Waals surface area contributed by atoms with Crippen molar-refractivity contribution >= 4 is 0 Å². The van der Waals surface area contributed by atoms with Crippen LogP contribution < -0.4 is 5.73 Å². The average molecular weight is 229 g/mol. The molecule has 0 saturated heterocycles. The number of imidazole rings is 1. The third kappa shape index (κ3) is 2.09. The molecular formula is C7H8F5N3. The molecular weight excluding hydrogens is 221 g/mol. The Morgan fingerprint density at radius 1 is 1.27 bits per heavy atom. The summed E-state index contributed by atoms with van der Waals surface area (Å²) in [6.07, 6.45) is -2.63. The summed E-state index contributed by atoms with van der Waals surface area (Å²) in [5.41, 5.74) is 4.92. The Morgan fingerprint density at radius 3 is 2.20 bits per heavy atom. The van der Waals surface area contributed by atoms with Crippen LogP contribution in [0.5, 0.6) is 0 Å². The van der Waals surface area contributed by atoms with E-state index in [9.17, 15) is 22.0 Å². The molecule has 0 aromatic carbocycles. The number of alkyl halides is 5. The van der Waals surface area contributed by atoms with Crippen molar-refractivity contribution in [2.24, 2.45) is 5.73 Å². The molecule has 15 heavy (non-hydrogen) atoms. The van der Waals surface area contributed by atoms with E-state index in [-0.39, 0.29) is 0 Å². The molecule has 0 aliphatic rings. The smallest absolute Gasteiger partial charge is 0.328 e. The first-order chi connectivity index (χ1) is 6.80. The summed E-state index contributed by atoms with van der Waals surface area (Å²) in [6.45, 7) is -0.830. The molecule has 0 fully saturated rings. The molecule has 0 spiro atoms. The van der Waals surface area contributed by atoms with Gasteiger partial charge in [-0.05, 0) is 0 Å². The van der Waals surface area contributed by atoms with E-state index in [1.54, 1.807) is 0 Å². The lowest BCUT2D eigenvalue weighted by atomic mass is 10.1. The summed E-state index contributed by atoms with van der Waals surface area (Å²) in [7, 11) is 0. The minimum atomic E-state index is -5.62. The van der Waals surface area contributed by atoms with Crippen molar-refractivity contribution in [2.75, 3.05) is 6.54 Å². The van der Waals surface area contributed by atoms with Crippen molar-refractivity contribution in [3.05, 3.63) is 18.7 Å². The predicted octanol–water partition coefficient (Wildman–Crippen LogP) is 1.58. The summed E-state index contributed by atoms with van der Waals surface area (Å²) in [5, 5.41) is 0. The number of hydrogen-bond acceptors (Lipinski definition) is 2. The zero-order valence-corrected chi connectivity index (χ0v) is 7.38. The zero-order chi connectivity index (χ0) is 11.7. The van der Waals surface area contributed by atoms with Crippen LogP contribution in [0.1, 0.15) is 6.04 Å². The fourth-order valence-electron chi connectivity index (χ4n) is 1.10. The molecule has 86 valence electrons. The maximum absolute atomic E-state index is 12.9. The molecule has 1 atom stereocenters. The fraction of sp³-hybridized carbons (Fsp3) is 0.571. The lowest BCUT2D eigenvalue weighted by Crippen LogP contribution is -2.47. The van der Waals surface area contributed by atoms with Gasteiger partial charge in [-0.15, -0.1) is 0 Å². The normalized spacial score (nSPS) is 15.3. The van der Waals surface area contributed by atoms with Gasteiger partial charge in [0, 0.05) is 18.9 Å². The Bertz CT molecular complexity index is 305. The van der Waals surface area contributed by atoms with E-state index in [2.05, 4.69) is 4.98 Å². The van der Waals surface area contributed by atoms with Gasteiger partial charge in [0.1, 0.15) is 6.04 Å². The number of aromatic nitrogens is 2. The number of hydrogen-bond donors (Lipinski definition) is 1. The van der Waals surface area contributed by atoms with E-state index in [0.717, 1.165) is 18.7 Å². The minimum absolute atomic E-state index is 0.646. The largest absolute Gasteiger partial charge is 0.455 e. The Hall–Kier alpha value is -1.18. The van der Waals surface area contributed by atoms with Gasteiger partial charge in [0.2, 0.25) is 0 Å². The molecule has 1 unspecified atom stereocenters. The summed E-state index contributed by atoms with van der Waals surface area (Å²) in [6, 6.07) is -2.17. The van der Waals surface area contributed by atoms with Crippen molar-refractivity contribution in [3.8, 4) is 0 Å². The molecule has 3 nitrogen and oxygen atoms in total. The highest BCUT2D eigenvalue weighted by atomic mass is 19.4.